The van der Waals surface area contributed by atoms with Crippen LogP contribution in [0.5, 0.6) is 11.5 Å². The van der Waals surface area contributed by atoms with E-state index < -0.39 is 46.9 Å². The summed E-state index contributed by atoms with van der Waals surface area (Å²) < 4.78 is 57.5. The smallest absolute Gasteiger partial charge is 0.184 e. The molecule has 236 valence electrons. The molecule has 0 saturated carbocycles. The second-order valence-corrected chi connectivity index (χ2v) is 12.6. The van der Waals surface area contributed by atoms with Gasteiger partial charge in [-0.1, -0.05) is 72.3 Å². The highest BCUT2D eigenvalue weighted by atomic mass is 32.2. The quantitative estimate of drug-likeness (QED) is 0.196. The van der Waals surface area contributed by atoms with E-state index in [9.17, 15) is 4.21 Å². The minimum absolute atomic E-state index is 0.248. The molecule has 0 radical (unpaired) electrons. The van der Waals surface area contributed by atoms with Crippen LogP contribution in [0.1, 0.15) is 28.5 Å². The highest BCUT2D eigenvalue weighted by Gasteiger charge is 2.53. The van der Waals surface area contributed by atoms with Crippen molar-refractivity contribution in [2.45, 2.75) is 61.2 Å². The van der Waals surface area contributed by atoms with Gasteiger partial charge in [0, 0.05) is 10.5 Å². The molecule has 0 N–H and O–H groups in total. The summed E-state index contributed by atoms with van der Waals surface area (Å²) in [6.07, 6.45) is -3.04. The lowest BCUT2D eigenvalue weighted by Gasteiger charge is -2.49. The Bertz CT molecular complexity index is 1530. The van der Waals surface area contributed by atoms with E-state index >= 15 is 0 Å². The summed E-state index contributed by atoms with van der Waals surface area (Å²) in [4.78, 5) is 0.649. The van der Waals surface area contributed by atoms with E-state index in [1.807, 2.05) is 110 Å². The molecule has 0 unspecified atom stereocenters. The Morgan fingerprint density at radius 1 is 0.711 bits per heavy atom. The van der Waals surface area contributed by atoms with Gasteiger partial charge in [0.15, 0.2) is 11.7 Å². The monoisotopic (exact) mass is 630 g/mol. The second-order valence-electron chi connectivity index (χ2n) is 11.1. The van der Waals surface area contributed by atoms with Crippen molar-refractivity contribution in [3.8, 4) is 11.5 Å². The molecule has 8 nitrogen and oxygen atoms in total. The van der Waals surface area contributed by atoms with E-state index in [2.05, 4.69) is 0 Å². The van der Waals surface area contributed by atoms with Gasteiger partial charge in [-0.15, -0.1) is 0 Å². The first-order valence-corrected chi connectivity index (χ1v) is 16.2. The maximum Gasteiger partial charge on any atom is 0.184 e. The van der Waals surface area contributed by atoms with Gasteiger partial charge in [-0.2, -0.15) is 0 Å². The maximum absolute atomic E-state index is 14.2. The summed E-state index contributed by atoms with van der Waals surface area (Å²) in [5.41, 5.74) is 3.02. The number of hydrogen-bond donors (Lipinski definition) is 0. The highest BCUT2D eigenvalue weighted by molar-refractivity contribution is 7.85. The minimum Gasteiger partial charge on any atom is -0.497 e. The molecule has 0 aliphatic carbocycles. The Morgan fingerprint density at radius 3 is 1.87 bits per heavy atom. The van der Waals surface area contributed by atoms with Crippen LogP contribution in [-0.2, 0) is 47.7 Å². The Kier molecular flexibility index (Phi) is 10.2. The first kappa shape index (κ1) is 31.4. The van der Waals surface area contributed by atoms with E-state index in [4.69, 9.17) is 33.2 Å². The third-order valence-corrected chi connectivity index (χ3v) is 9.56. The second kappa shape index (κ2) is 14.7. The molecule has 45 heavy (non-hydrogen) atoms. The molecule has 2 heterocycles. The first-order valence-electron chi connectivity index (χ1n) is 15.0. The summed E-state index contributed by atoms with van der Waals surface area (Å²) in [5, 5.41) is 0. The van der Waals surface area contributed by atoms with Crippen LogP contribution in [0.3, 0.4) is 0 Å². The van der Waals surface area contributed by atoms with E-state index in [-0.39, 0.29) is 19.8 Å². The average Bonchev–Trinajstić information content (AvgIpc) is 3.10. The fourth-order valence-corrected chi connectivity index (χ4v) is 6.89. The number of benzene rings is 4. The van der Waals surface area contributed by atoms with Crippen LogP contribution in [0.4, 0.5) is 0 Å². The van der Waals surface area contributed by atoms with Crippen LogP contribution in [-0.4, -0.2) is 54.9 Å². The van der Waals surface area contributed by atoms with Crippen LogP contribution in [0.25, 0.3) is 0 Å². The lowest BCUT2D eigenvalue weighted by molar-refractivity contribution is -0.330. The molecule has 7 atom stereocenters. The van der Waals surface area contributed by atoms with Gasteiger partial charge in [0.1, 0.15) is 35.9 Å². The van der Waals surface area contributed by atoms with Crippen LogP contribution >= 0.6 is 0 Å². The van der Waals surface area contributed by atoms with Gasteiger partial charge >= 0.3 is 0 Å². The zero-order valence-electron chi connectivity index (χ0n) is 25.6. The predicted octanol–water partition coefficient (Wildman–Crippen LogP) is 6.13. The fourth-order valence-electron chi connectivity index (χ4n) is 5.50. The molecule has 4 aromatic carbocycles. The first-order chi connectivity index (χ1) is 22.0. The number of fused-ring (bicyclic) bond motifs is 1. The van der Waals surface area contributed by atoms with Crippen molar-refractivity contribution >= 4 is 10.8 Å². The molecule has 2 saturated heterocycles. The Balaban J connectivity index is 1.33. The van der Waals surface area contributed by atoms with Gasteiger partial charge in [-0.3, -0.25) is 4.21 Å². The third kappa shape index (κ3) is 7.47. The highest BCUT2D eigenvalue weighted by Crippen LogP contribution is 2.39. The summed E-state index contributed by atoms with van der Waals surface area (Å²) in [6, 6.07) is 32.8. The van der Waals surface area contributed by atoms with Crippen molar-refractivity contribution in [1.29, 1.82) is 0 Å². The molecule has 4 aromatic rings. The summed E-state index contributed by atoms with van der Waals surface area (Å²) in [5.74, 6) is 1.52. The van der Waals surface area contributed by atoms with Crippen molar-refractivity contribution in [2.24, 2.45) is 0 Å². The molecule has 0 bridgehead atoms. The molecule has 0 aromatic heterocycles. The summed E-state index contributed by atoms with van der Waals surface area (Å²) in [6.45, 7) is 2.78. The number of aryl methyl sites for hydroxylation is 1. The lowest BCUT2D eigenvalue weighted by Crippen LogP contribution is -2.63. The van der Waals surface area contributed by atoms with E-state index in [0.29, 0.717) is 4.90 Å². The van der Waals surface area contributed by atoms with E-state index in [1.54, 1.807) is 14.2 Å². The van der Waals surface area contributed by atoms with Crippen LogP contribution in [0.2, 0.25) is 0 Å². The fraction of sp³-hybridized carbons (Fsp3) is 0.333. The summed E-state index contributed by atoms with van der Waals surface area (Å²) >= 11 is 0. The molecule has 2 fully saturated rings. The lowest BCUT2D eigenvalue weighted by atomic mass is 9.98. The molecule has 0 amide bonds. The van der Waals surface area contributed by atoms with Crippen molar-refractivity contribution in [3.05, 3.63) is 125 Å². The number of ether oxygens (including phenoxy) is 7. The Morgan fingerprint density at radius 2 is 1.29 bits per heavy atom. The zero-order valence-corrected chi connectivity index (χ0v) is 26.4. The molecular formula is C36H38O8S. The van der Waals surface area contributed by atoms with Gasteiger partial charge in [0.2, 0.25) is 0 Å². The van der Waals surface area contributed by atoms with Crippen LogP contribution in [0, 0.1) is 6.92 Å². The Hall–Kier alpha value is -3.57. The number of hydrogen-bond acceptors (Lipinski definition) is 8. The normalized spacial score (nSPS) is 25.2. The molecular weight excluding hydrogens is 592 g/mol. The minimum atomic E-state index is -1.58. The van der Waals surface area contributed by atoms with Gasteiger partial charge in [0.25, 0.3) is 0 Å². The van der Waals surface area contributed by atoms with Gasteiger partial charge < -0.3 is 33.2 Å². The van der Waals surface area contributed by atoms with Gasteiger partial charge in [-0.25, -0.2) is 0 Å². The van der Waals surface area contributed by atoms with Gasteiger partial charge in [0.05, 0.1) is 44.8 Å². The Labute approximate surface area is 266 Å². The SMILES string of the molecule is COc1ccc(CO[C@@H]2[C@@H](OCc3ccc(OC)cc3)[C@H]([S@@](=O)c3ccc(C)cc3)O[C@@H]3CO[C@H](c4ccccc4)O[C@H]23)cc1. The van der Waals surface area contributed by atoms with Crippen LogP contribution < -0.4 is 9.47 Å². The molecule has 0 spiro atoms. The van der Waals surface area contributed by atoms with Crippen molar-refractivity contribution < 1.29 is 37.4 Å². The molecule has 2 aliphatic heterocycles. The number of rotatable bonds is 11. The average molecular weight is 631 g/mol. The standard InChI is InChI=1S/C36H38O8S/c1-24-9-19-30(20-10-24)45(37)36-34(41-22-26-13-17-29(39-3)18-14-26)33(40-21-25-11-15-28(38-2)16-12-25)32-31(43-36)23-42-35(44-32)27-7-5-4-6-8-27/h4-20,31-36H,21-23H2,1-3H3/t31-,32+,33+,34-,35+,36+,45+/m1/s1. The zero-order chi connectivity index (χ0) is 31.2. The van der Waals surface area contributed by atoms with Crippen molar-refractivity contribution in [3.63, 3.8) is 0 Å². The topological polar surface area (TPSA) is 81.7 Å². The summed E-state index contributed by atoms with van der Waals surface area (Å²) in [7, 11) is 1.69. The molecule has 2 aliphatic rings. The van der Waals surface area contributed by atoms with Crippen molar-refractivity contribution in [2.75, 3.05) is 20.8 Å². The van der Waals surface area contributed by atoms with E-state index in [0.717, 1.165) is 33.8 Å². The predicted molar refractivity (Wildman–Crippen MR) is 169 cm³/mol. The van der Waals surface area contributed by atoms with E-state index in [1.165, 1.54) is 0 Å². The number of methoxy groups -OCH3 is 2. The van der Waals surface area contributed by atoms with Crippen molar-refractivity contribution in [1.82, 2.24) is 0 Å². The largest absolute Gasteiger partial charge is 0.497 e. The van der Waals surface area contributed by atoms with Gasteiger partial charge in [-0.05, 0) is 54.4 Å². The molecule has 6 rings (SSSR count). The van der Waals surface area contributed by atoms with Crippen LogP contribution in [0.15, 0.2) is 108 Å². The maximum atomic E-state index is 14.2. The molecule has 9 heteroatoms. The third-order valence-electron chi connectivity index (χ3n) is 8.02.